The molecule has 35 heavy (non-hydrogen) atoms. The summed E-state index contributed by atoms with van der Waals surface area (Å²) < 4.78 is 5.81. The van der Waals surface area contributed by atoms with E-state index in [2.05, 4.69) is 62.1 Å². The van der Waals surface area contributed by atoms with Crippen LogP contribution in [-0.4, -0.2) is 54.4 Å². The number of amides is 2. The quantitative estimate of drug-likeness (QED) is 0.656. The van der Waals surface area contributed by atoms with Crippen molar-refractivity contribution in [2.75, 3.05) is 26.7 Å². The van der Waals surface area contributed by atoms with Crippen LogP contribution in [-0.2, 0) is 28.0 Å². The van der Waals surface area contributed by atoms with Crippen LogP contribution < -0.4 is 10.5 Å². The van der Waals surface area contributed by atoms with Crippen molar-refractivity contribution in [3.63, 3.8) is 0 Å². The molecule has 188 valence electrons. The highest BCUT2D eigenvalue weighted by Crippen LogP contribution is 2.45. The van der Waals surface area contributed by atoms with Crippen molar-refractivity contribution in [2.24, 2.45) is 11.1 Å². The van der Waals surface area contributed by atoms with Gasteiger partial charge in [0, 0.05) is 25.2 Å². The van der Waals surface area contributed by atoms with Gasteiger partial charge in [-0.2, -0.15) is 0 Å². The summed E-state index contributed by atoms with van der Waals surface area (Å²) in [5, 5.41) is 0. The molecule has 2 aliphatic rings. The van der Waals surface area contributed by atoms with Crippen molar-refractivity contribution in [1.29, 1.82) is 0 Å². The molecule has 1 atom stereocenters. The summed E-state index contributed by atoms with van der Waals surface area (Å²) in [6, 6.07) is 17.0. The van der Waals surface area contributed by atoms with Gasteiger partial charge in [0.1, 0.15) is 5.75 Å². The van der Waals surface area contributed by atoms with Crippen LogP contribution in [0.4, 0.5) is 0 Å². The standard InChI is InChI=1S/C29H39N3O3/c1-28(2,3)23-11-10-22(25(17-23)35-20-26(30)33)19-32-14-12-29(13-15-32)18-24(31(4)27(29)34)16-21-8-6-5-7-9-21/h5-11,17,24H,12-16,18-20H2,1-4H3,(H2,30,33)/t24-/m1/s1. The van der Waals surface area contributed by atoms with Crippen molar-refractivity contribution < 1.29 is 14.3 Å². The van der Waals surface area contributed by atoms with E-state index in [-0.39, 0.29) is 23.5 Å². The lowest BCUT2D eigenvalue weighted by Gasteiger charge is -2.38. The third-order valence-corrected chi connectivity index (χ3v) is 7.77. The van der Waals surface area contributed by atoms with E-state index in [1.165, 1.54) is 5.56 Å². The summed E-state index contributed by atoms with van der Waals surface area (Å²) in [4.78, 5) is 29.1. The van der Waals surface area contributed by atoms with E-state index in [0.717, 1.165) is 62.2 Å². The van der Waals surface area contributed by atoms with E-state index in [1.54, 1.807) is 0 Å². The Morgan fingerprint density at radius 3 is 2.43 bits per heavy atom. The molecule has 0 saturated carbocycles. The topological polar surface area (TPSA) is 75.9 Å². The minimum Gasteiger partial charge on any atom is -0.483 e. The van der Waals surface area contributed by atoms with Crippen LogP contribution in [0.15, 0.2) is 48.5 Å². The summed E-state index contributed by atoms with van der Waals surface area (Å²) in [6.45, 7) is 8.81. The van der Waals surface area contributed by atoms with Crippen molar-refractivity contribution in [3.8, 4) is 5.75 Å². The molecule has 6 nitrogen and oxygen atoms in total. The highest BCUT2D eigenvalue weighted by Gasteiger charge is 2.51. The predicted octanol–water partition coefficient (Wildman–Crippen LogP) is 3.90. The number of nitrogens with two attached hydrogens (primary N) is 1. The van der Waals surface area contributed by atoms with Gasteiger partial charge in [0.15, 0.2) is 6.61 Å². The van der Waals surface area contributed by atoms with Crippen LogP contribution >= 0.6 is 0 Å². The van der Waals surface area contributed by atoms with Gasteiger partial charge in [0.25, 0.3) is 5.91 Å². The maximum Gasteiger partial charge on any atom is 0.255 e. The fraction of sp³-hybridized carbons (Fsp3) is 0.517. The Morgan fingerprint density at radius 1 is 1.11 bits per heavy atom. The number of carbonyl (C=O) groups is 2. The molecule has 2 heterocycles. The molecule has 4 rings (SSSR count). The minimum atomic E-state index is -0.481. The number of nitrogens with zero attached hydrogens (tertiary/aromatic N) is 2. The maximum absolute atomic E-state index is 13.3. The zero-order chi connectivity index (χ0) is 25.2. The average Bonchev–Trinajstić information content (AvgIpc) is 3.04. The Kier molecular flexibility index (Phi) is 7.22. The van der Waals surface area contributed by atoms with Crippen LogP contribution in [0.2, 0.25) is 0 Å². The second-order valence-corrected chi connectivity index (χ2v) is 11.3. The number of piperidine rings is 1. The number of rotatable bonds is 7. The molecule has 0 bridgehead atoms. The molecule has 0 radical (unpaired) electrons. The van der Waals surface area contributed by atoms with E-state index in [0.29, 0.717) is 5.91 Å². The number of hydrogen-bond acceptors (Lipinski definition) is 4. The first-order chi connectivity index (χ1) is 16.6. The van der Waals surface area contributed by atoms with Crippen molar-refractivity contribution in [2.45, 2.75) is 64.5 Å². The zero-order valence-electron chi connectivity index (χ0n) is 21.5. The molecule has 1 spiro atoms. The number of ether oxygens (including phenoxy) is 1. The Hall–Kier alpha value is -2.86. The number of hydrogen-bond donors (Lipinski definition) is 1. The van der Waals surface area contributed by atoms with Crippen LogP contribution in [0.3, 0.4) is 0 Å². The van der Waals surface area contributed by atoms with Crippen molar-refractivity contribution in [3.05, 3.63) is 65.2 Å². The summed E-state index contributed by atoms with van der Waals surface area (Å²) in [7, 11) is 1.97. The summed E-state index contributed by atoms with van der Waals surface area (Å²) in [5.41, 5.74) is 8.56. The van der Waals surface area contributed by atoms with Gasteiger partial charge in [-0.3, -0.25) is 14.5 Å². The molecule has 2 amide bonds. The van der Waals surface area contributed by atoms with E-state index in [4.69, 9.17) is 10.5 Å². The largest absolute Gasteiger partial charge is 0.483 e. The summed E-state index contributed by atoms with van der Waals surface area (Å²) >= 11 is 0. The van der Waals surface area contributed by atoms with E-state index in [1.807, 2.05) is 24.1 Å². The highest BCUT2D eigenvalue weighted by atomic mass is 16.5. The first kappa shape index (κ1) is 25.2. The lowest BCUT2D eigenvalue weighted by molar-refractivity contribution is -0.137. The van der Waals surface area contributed by atoms with Gasteiger partial charge < -0.3 is 15.4 Å². The number of likely N-dealkylation sites (tertiary alicyclic amines) is 2. The van der Waals surface area contributed by atoms with Gasteiger partial charge >= 0.3 is 0 Å². The molecular weight excluding hydrogens is 438 g/mol. The normalized spacial score (nSPS) is 20.4. The molecule has 2 aromatic rings. The number of carbonyl (C=O) groups excluding carboxylic acids is 2. The van der Waals surface area contributed by atoms with Gasteiger partial charge in [-0.1, -0.05) is 63.2 Å². The SMILES string of the molecule is CN1C(=O)C2(CCN(Cc3ccc(C(C)(C)C)cc3OCC(N)=O)CC2)C[C@H]1Cc1ccccc1. The smallest absolute Gasteiger partial charge is 0.255 e. The fourth-order valence-electron chi connectivity index (χ4n) is 5.54. The second-order valence-electron chi connectivity index (χ2n) is 11.3. The lowest BCUT2D eigenvalue weighted by atomic mass is 9.75. The third-order valence-electron chi connectivity index (χ3n) is 7.77. The predicted molar refractivity (Wildman–Crippen MR) is 138 cm³/mol. The summed E-state index contributed by atoms with van der Waals surface area (Å²) in [5.74, 6) is 0.542. The van der Waals surface area contributed by atoms with Gasteiger partial charge in [-0.25, -0.2) is 0 Å². The molecular formula is C29H39N3O3. The van der Waals surface area contributed by atoms with Crippen molar-refractivity contribution >= 4 is 11.8 Å². The molecule has 2 N–H and O–H groups in total. The monoisotopic (exact) mass is 477 g/mol. The summed E-state index contributed by atoms with van der Waals surface area (Å²) in [6.07, 6.45) is 3.59. The fourth-order valence-corrected chi connectivity index (χ4v) is 5.54. The Labute approximate surface area is 209 Å². The Bertz CT molecular complexity index is 1050. The van der Waals surface area contributed by atoms with Gasteiger partial charge in [-0.05, 0) is 61.4 Å². The maximum atomic E-state index is 13.3. The Morgan fingerprint density at radius 2 is 1.80 bits per heavy atom. The molecule has 2 aliphatic heterocycles. The number of benzene rings is 2. The first-order valence-corrected chi connectivity index (χ1v) is 12.7. The lowest BCUT2D eigenvalue weighted by Crippen LogP contribution is -2.43. The van der Waals surface area contributed by atoms with Crippen molar-refractivity contribution in [1.82, 2.24) is 9.80 Å². The minimum absolute atomic E-state index is 0.0218. The number of primary amides is 1. The van der Waals surface area contributed by atoms with Gasteiger partial charge in [0.2, 0.25) is 5.91 Å². The van der Waals surface area contributed by atoms with Crippen LogP contribution in [0.5, 0.6) is 5.75 Å². The first-order valence-electron chi connectivity index (χ1n) is 12.7. The highest BCUT2D eigenvalue weighted by molar-refractivity contribution is 5.85. The third kappa shape index (κ3) is 5.69. The molecule has 0 unspecified atom stereocenters. The van der Waals surface area contributed by atoms with E-state index >= 15 is 0 Å². The van der Waals surface area contributed by atoms with Crippen LogP contribution in [0.1, 0.15) is 56.7 Å². The van der Waals surface area contributed by atoms with Crippen LogP contribution in [0.25, 0.3) is 0 Å². The average molecular weight is 478 g/mol. The van der Waals surface area contributed by atoms with Gasteiger partial charge in [0.05, 0.1) is 5.41 Å². The number of likely N-dealkylation sites (N-methyl/N-ethyl adjacent to an activating group) is 1. The second kappa shape index (κ2) is 10.0. The molecule has 6 heteroatoms. The molecule has 2 fully saturated rings. The molecule has 0 aromatic heterocycles. The van der Waals surface area contributed by atoms with Crippen LogP contribution in [0, 0.1) is 5.41 Å². The zero-order valence-corrected chi connectivity index (χ0v) is 21.5. The Balaban J connectivity index is 1.42. The molecule has 2 saturated heterocycles. The van der Waals surface area contributed by atoms with E-state index in [9.17, 15) is 9.59 Å². The molecule has 2 aromatic carbocycles. The van der Waals surface area contributed by atoms with Gasteiger partial charge in [-0.15, -0.1) is 0 Å². The van der Waals surface area contributed by atoms with E-state index < -0.39 is 5.91 Å². The molecule has 0 aliphatic carbocycles.